The molecular formula is C17H28F3N. The van der Waals surface area contributed by atoms with Crippen molar-refractivity contribution in [3.8, 4) is 0 Å². The largest absolute Gasteiger partial charge is 0.403 e. The quantitative estimate of drug-likeness (QED) is 0.512. The summed E-state index contributed by atoms with van der Waals surface area (Å²) in [6.07, 6.45) is 9.10. The van der Waals surface area contributed by atoms with Gasteiger partial charge in [0.25, 0.3) is 0 Å². The van der Waals surface area contributed by atoms with Crippen molar-refractivity contribution < 1.29 is 13.2 Å². The van der Waals surface area contributed by atoms with Crippen LogP contribution >= 0.6 is 0 Å². The molecule has 21 heavy (non-hydrogen) atoms. The molecule has 1 saturated heterocycles. The van der Waals surface area contributed by atoms with Gasteiger partial charge >= 0.3 is 6.18 Å². The fourth-order valence-electron chi connectivity index (χ4n) is 2.83. The van der Waals surface area contributed by atoms with Gasteiger partial charge in [0.1, 0.15) is 6.04 Å². The first-order chi connectivity index (χ1) is 9.74. The van der Waals surface area contributed by atoms with Crippen LogP contribution in [0.15, 0.2) is 24.3 Å². The molecule has 0 amide bonds. The zero-order valence-corrected chi connectivity index (χ0v) is 13.3. The molecule has 0 aromatic rings. The first kappa shape index (κ1) is 18.3. The van der Waals surface area contributed by atoms with E-state index in [4.69, 9.17) is 0 Å². The molecular weight excluding hydrogens is 275 g/mol. The van der Waals surface area contributed by atoms with E-state index < -0.39 is 12.2 Å². The van der Waals surface area contributed by atoms with Gasteiger partial charge in [0.2, 0.25) is 0 Å². The molecule has 2 atom stereocenters. The van der Waals surface area contributed by atoms with E-state index in [0.717, 1.165) is 12.8 Å². The van der Waals surface area contributed by atoms with E-state index in [1.54, 1.807) is 0 Å². The highest BCUT2D eigenvalue weighted by atomic mass is 19.4. The van der Waals surface area contributed by atoms with Crippen LogP contribution in [0.4, 0.5) is 13.2 Å². The molecule has 4 heteroatoms. The lowest BCUT2D eigenvalue weighted by molar-refractivity contribution is -0.170. The van der Waals surface area contributed by atoms with Crippen LogP contribution in [0, 0.1) is 5.41 Å². The Kier molecular flexibility index (Phi) is 6.98. The van der Waals surface area contributed by atoms with Crippen LogP contribution < -0.4 is 5.32 Å². The number of alkyl halides is 3. The van der Waals surface area contributed by atoms with Crippen LogP contribution in [0.25, 0.3) is 0 Å². The van der Waals surface area contributed by atoms with E-state index in [-0.39, 0.29) is 17.9 Å². The molecule has 0 unspecified atom stereocenters. The summed E-state index contributed by atoms with van der Waals surface area (Å²) >= 11 is 0. The number of rotatable bonds is 6. The Morgan fingerprint density at radius 1 is 1.14 bits per heavy atom. The van der Waals surface area contributed by atoms with Crippen LogP contribution in [0.5, 0.6) is 0 Å². The summed E-state index contributed by atoms with van der Waals surface area (Å²) in [7, 11) is 0. The summed E-state index contributed by atoms with van der Waals surface area (Å²) < 4.78 is 38.8. The summed E-state index contributed by atoms with van der Waals surface area (Å²) in [5.41, 5.74) is -0.286. The fourth-order valence-corrected chi connectivity index (χ4v) is 2.83. The van der Waals surface area contributed by atoms with Crippen molar-refractivity contribution in [2.24, 2.45) is 5.41 Å². The molecule has 0 radical (unpaired) electrons. The molecule has 1 rings (SSSR count). The molecule has 0 aromatic heterocycles. The molecule has 0 saturated carbocycles. The molecule has 0 bridgehead atoms. The van der Waals surface area contributed by atoms with Crippen molar-refractivity contribution in [1.29, 1.82) is 0 Å². The van der Waals surface area contributed by atoms with Crippen molar-refractivity contribution in [2.45, 2.75) is 77.6 Å². The summed E-state index contributed by atoms with van der Waals surface area (Å²) in [5, 5.41) is 2.71. The fraction of sp³-hybridized carbons (Fsp3) is 0.765. The molecule has 1 N–H and O–H groups in total. The maximum atomic E-state index is 12.9. The highest BCUT2D eigenvalue weighted by Gasteiger charge is 2.46. The van der Waals surface area contributed by atoms with E-state index in [1.165, 1.54) is 19.3 Å². The molecule has 122 valence electrons. The van der Waals surface area contributed by atoms with Crippen LogP contribution in [0.2, 0.25) is 0 Å². The van der Waals surface area contributed by atoms with E-state index in [1.807, 2.05) is 32.1 Å². The van der Waals surface area contributed by atoms with Gasteiger partial charge in [-0.1, -0.05) is 57.9 Å². The molecule has 0 aromatic carbocycles. The second-order valence-corrected chi connectivity index (χ2v) is 6.75. The maximum absolute atomic E-state index is 12.9. The van der Waals surface area contributed by atoms with Gasteiger partial charge in [-0.05, 0) is 31.1 Å². The van der Waals surface area contributed by atoms with E-state index in [0.29, 0.717) is 0 Å². The van der Waals surface area contributed by atoms with Crippen molar-refractivity contribution in [3.63, 3.8) is 0 Å². The van der Waals surface area contributed by atoms with Gasteiger partial charge in [0, 0.05) is 6.04 Å². The first-order valence-electron chi connectivity index (χ1n) is 7.91. The number of unbranched alkanes of at least 4 members (excludes halogenated alkanes) is 3. The molecule has 0 aliphatic carbocycles. The predicted molar refractivity (Wildman–Crippen MR) is 82.2 cm³/mol. The summed E-state index contributed by atoms with van der Waals surface area (Å²) in [5.74, 6) is 0. The SMILES string of the molecule is CCCCC/C=C/C=C/[C@@H]1CC(C)(C)C[C@H](C(F)(F)F)N1. The van der Waals surface area contributed by atoms with Gasteiger partial charge < -0.3 is 0 Å². The van der Waals surface area contributed by atoms with Crippen molar-refractivity contribution in [1.82, 2.24) is 5.32 Å². The van der Waals surface area contributed by atoms with Crippen LogP contribution in [-0.2, 0) is 0 Å². The Bertz CT molecular complexity index is 356. The standard InChI is InChI=1S/C17H28F3N/c1-4-5-6-7-8-9-10-11-14-12-16(2,3)13-15(21-14)17(18,19)20/h8-11,14-15,21H,4-7,12-13H2,1-3H3/b9-8+,11-10+/t14-,15-/m1/s1. The molecule has 1 aliphatic heterocycles. The van der Waals surface area contributed by atoms with Crippen molar-refractivity contribution in [2.75, 3.05) is 0 Å². The average molecular weight is 303 g/mol. The molecule has 1 heterocycles. The zero-order chi connectivity index (χ0) is 15.9. The average Bonchev–Trinajstić information content (AvgIpc) is 2.35. The number of piperidine rings is 1. The van der Waals surface area contributed by atoms with Crippen LogP contribution in [0.1, 0.15) is 59.3 Å². The molecule has 0 spiro atoms. The lowest BCUT2D eigenvalue weighted by atomic mass is 9.76. The number of hydrogen-bond donors (Lipinski definition) is 1. The molecule has 1 fully saturated rings. The van der Waals surface area contributed by atoms with E-state index in [2.05, 4.69) is 18.3 Å². The normalized spacial score (nSPS) is 26.8. The third kappa shape index (κ3) is 7.16. The van der Waals surface area contributed by atoms with Gasteiger partial charge in [-0.25, -0.2) is 0 Å². The first-order valence-corrected chi connectivity index (χ1v) is 7.91. The van der Waals surface area contributed by atoms with Gasteiger partial charge in [0.15, 0.2) is 0 Å². The van der Waals surface area contributed by atoms with Crippen molar-refractivity contribution in [3.05, 3.63) is 24.3 Å². The lowest BCUT2D eigenvalue weighted by Gasteiger charge is -2.40. The smallest absolute Gasteiger partial charge is 0.300 e. The minimum Gasteiger partial charge on any atom is -0.300 e. The van der Waals surface area contributed by atoms with E-state index >= 15 is 0 Å². The Morgan fingerprint density at radius 3 is 2.48 bits per heavy atom. The third-order valence-electron chi connectivity index (χ3n) is 3.90. The molecule has 1 nitrogen and oxygen atoms in total. The Labute approximate surface area is 126 Å². The van der Waals surface area contributed by atoms with Gasteiger partial charge in [-0.2, -0.15) is 13.2 Å². The van der Waals surface area contributed by atoms with Gasteiger partial charge in [-0.15, -0.1) is 0 Å². The number of hydrogen-bond acceptors (Lipinski definition) is 1. The minimum atomic E-state index is -4.17. The summed E-state index contributed by atoms with van der Waals surface area (Å²) in [6, 6.07) is -1.61. The zero-order valence-electron chi connectivity index (χ0n) is 13.3. The highest BCUT2D eigenvalue weighted by Crippen LogP contribution is 2.38. The lowest BCUT2D eigenvalue weighted by Crippen LogP contribution is -2.54. The maximum Gasteiger partial charge on any atom is 0.403 e. The van der Waals surface area contributed by atoms with E-state index in [9.17, 15) is 13.2 Å². The Balaban J connectivity index is 2.50. The topological polar surface area (TPSA) is 12.0 Å². The van der Waals surface area contributed by atoms with Crippen molar-refractivity contribution >= 4 is 0 Å². The Morgan fingerprint density at radius 2 is 1.86 bits per heavy atom. The minimum absolute atomic E-state index is 0.147. The number of halogens is 3. The Hall–Kier alpha value is -0.770. The number of nitrogens with one attached hydrogen (secondary N) is 1. The molecule has 1 aliphatic rings. The van der Waals surface area contributed by atoms with Gasteiger partial charge in [-0.3, -0.25) is 5.32 Å². The van der Waals surface area contributed by atoms with Crippen LogP contribution in [-0.4, -0.2) is 18.3 Å². The highest BCUT2D eigenvalue weighted by molar-refractivity contribution is 5.09. The monoisotopic (exact) mass is 303 g/mol. The number of allylic oxidation sites excluding steroid dienone is 3. The van der Waals surface area contributed by atoms with Gasteiger partial charge in [0.05, 0.1) is 0 Å². The summed E-state index contributed by atoms with van der Waals surface area (Å²) in [6.45, 7) is 5.99. The predicted octanol–water partition coefficient (Wildman–Crippen LogP) is 5.39. The third-order valence-corrected chi connectivity index (χ3v) is 3.90. The second kappa shape index (κ2) is 8.02. The van der Waals surface area contributed by atoms with Crippen LogP contribution in [0.3, 0.4) is 0 Å². The second-order valence-electron chi connectivity index (χ2n) is 6.75. The summed E-state index contributed by atoms with van der Waals surface area (Å²) in [4.78, 5) is 0.